The number of nitrogens with one attached hydrogen (secondary N) is 1. The minimum Gasteiger partial charge on any atom is -0.399 e. The number of aromatic nitrogens is 1. The summed E-state index contributed by atoms with van der Waals surface area (Å²) in [7, 11) is -2.25. The molecule has 1 heterocycles. The summed E-state index contributed by atoms with van der Waals surface area (Å²) in [5.74, 6) is -0.692. The van der Waals surface area contributed by atoms with E-state index in [1.165, 1.54) is 16.8 Å². The maximum absolute atomic E-state index is 12.3. The number of nitrogens with zero attached hydrogens (tertiary/aromatic N) is 1. The van der Waals surface area contributed by atoms with Crippen molar-refractivity contribution in [3.05, 3.63) is 41.7 Å². The summed E-state index contributed by atoms with van der Waals surface area (Å²) in [5.41, 5.74) is 12.7. The summed E-state index contributed by atoms with van der Waals surface area (Å²) in [6.07, 6.45) is 1.33. The van der Waals surface area contributed by atoms with Crippen LogP contribution in [0.5, 0.6) is 0 Å². The maximum atomic E-state index is 12.3. The molecule has 5 N–H and O–H groups in total. The summed E-state index contributed by atoms with van der Waals surface area (Å²) in [6.45, 7) is 1.78. The first kappa shape index (κ1) is 14.9. The largest absolute Gasteiger partial charge is 0.399 e. The fourth-order valence-electron chi connectivity index (χ4n) is 1.88. The molecule has 1 aromatic carbocycles. The molecule has 0 bridgehead atoms. The first-order valence-corrected chi connectivity index (χ1v) is 7.54. The molecule has 0 atom stereocenters. The highest BCUT2D eigenvalue weighted by molar-refractivity contribution is 7.92. The lowest BCUT2D eigenvalue weighted by Crippen LogP contribution is -2.14. The Balaban J connectivity index is 2.36. The molecule has 1 aromatic heterocycles. The molecule has 8 heteroatoms. The molecule has 0 fully saturated rings. The van der Waals surface area contributed by atoms with Crippen molar-refractivity contribution in [3.8, 4) is 0 Å². The molecule has 2 rings (SSSR count). The van der Waals surface area contributed by atoms with E-state index in [0.29, 0.717) is 11.4 Å². The van der Waals surface area contributed by atoms with Gasteiger partial charge in [0.25, 0.3) is 15.9 Å². The normalized spacial score (nSPS) is 11.3. The van der Waals surface area contributed by atoms with Crippen molar-refractivity contribution in [3.63, 3.8) is 0 Å². The predicted molar refractivity (Wildman–Crippen MR) is 80.3 cm³/mol. The molecule has 1 amide bonds. The first-order chi connectivity index (χ1) is 9.70. The van der Waals surface area contributed by atoms with Crippen LogP contribution in [0.25, 0.3) is 0 Å². The van der Waals surface area contributed by atoms with E-state index >= 15 is 0 Å². The SMILES string of the molecule is Cc1cc(NS(=O)(=O)c2cc(C(N)=O)n(C)c2)ccc1N. The van der Waals surface area contributed by atoms with Crippen LogP contribution in [0.1, 0.15) is 16.1 Å². The van der Waals surface area contributed by atoms with Gasteiger partial charge in [0, 0.05) is 24.6 Å². The molecular weight excluding hydrogens is 292 g/mol. The van der Waals surface area contributed by atoms with Crippen molar-refractivity contribution in [2.45, 2.75) is 11.8 Å². The van der Waals surface area contributed by atoms with Crippen molar-refractivity contribution in [1.29, 1.82) is 0 Å². The molecule has 0 saturated carbocycles. The topological polar surface area (TPSA) is 120 Å². The van der Waals surface area contributed by atoms with Crippen LogP contribution in [0.3, 0.4) is 0 Å². The van der Waals surface area contributed by atoms with Crippen molar-refractivity contribution >= 4 is 27.3 Å². The maximum Gasteiger partial charge on any atom is 0.265 e. The molecule has 0 aliphatic carbocycles. The highest BCUT2D eigenvalue weighted by atomic mass is 32.2. The van der Waals surface area contributed by atoms with Gasteiger partial charge >= 0.3 is 0 Å². The van der Waals surface area contributed by atoms with E-state index in [4.69, 9.17) is 11.5 Å². The van der Waals surface area contributed by atoms with Crippen LogP contribution in [0, 0.1) is 6.92 Å². The zero-order chi connectivity index (χ0) is 15.8. The Morgan fingerprint density at radius 1 is 1.29 bits per heavy atom. The van der Waals surface area contributed by atoms with Crippen LogP contribution in [0.4, 0.5) is 11.4 Å². The summed E-state index contributed by atoms with van der Waals surface area (Å²) in [6, 6.07) is 6.05. The quantitative estimate of drug-likeness (QED) is 0.724. The Morgan fingerprint density at radius 3 is 2.48 bits per heavy atom. The van der Waals surface area contributed by atoms with Gasteiger partial charge in [-0.2, -0.15) is 0 Å². The number of rotatable bonds is 4. The number of nitrogen functional groups attached to an aromatic ring is 1. The number of carbonyl (C=O) groups excluding carboxylic acids is 1. The second-order valence-corrected chi connectivity index (χ2v) is 6.40. The number of benzene rings is 1. The fraction of sp³-hybridized carbons (Fsp3) is 0.154. The van der Waals surface area contributed by atoms with Crippen LogP contribution in [0.2, 0.25) is 0 Å². The van der Waals surface area contributed by atoms with Crippen molar-refractivity contribution in [1.82, 2.24) is 4.57 Å². The second kappa shape index (κ2) is 5.13. The Kier molecular flexibility index (Phi) is 3.65. The average molecular weight is 308 g/mol. The number of anilines is 2. The number of aryl methyl sites for hydroxylation is 2. The Bertz CT molecular complexity index is 809. The van der Waals surface area contributed by atoms with Crippen LogP contribution in [-0.4, -0.2) is 18.9 Å². The van der Waals surface area contributed by atoms with Gasteiger partial charge in [0.05, 0.1) is 0 Å². The van der Waals surface area contributed by atoms with E-state index in [1.807, 2.05) is 0 Å². The Hall–Kier alpha value is -2.48. The number of carbonyl (C=O) groups is 1. The molecule has 2 aromatic rings. The standard InChI is InChI=1S/C13H16N4O3S/c1-8-5-9(3-4-11(8)14)16-21(19,20)10-6-12(13(15)18)17(2)7-10/h3-7,16H,14H2,1-2H3,(H2,15,18). The molecule has 112 valence electrons. The number of primary amides is 1. The number of hydrogen-bond acceptors (Lipinski definition) is 4. The first-order valence-electron chi connectivity index (χ1n) is 6.06. The minimum atomic E-state index is -3.80. The molecule has 0 unspecified atom stereocenters. The number of hydrogen-bond donors (Lipinski definition) is 3. The number of nitrogens with two attached hydrogens (primary N) is 2. The van der Waals surface area contributed by atoms with Gasteiger partial charge < -0.3 is 16.0 Å². The fourth-order valence-corrected chi connectivity index (χ4v) is 3.00. The smallest absolute Gasteiger partial charge is 0.265 e. The summed E-state index contributed by atoms with van der Waals surface area (Å²) in [5, 5.41) is 0. The van der Waals surface area contributed by atoms with Gasteiger partial charge in [-0.1, -0.05) is 0 Å². The molecule has 7 nitrogen and oxygen atoms in total. The highest BCUT2D eigenvalue weighted by Crippen LogP contribution is 2.21. The van der Waals surface area contributed by atoms with Gasteiger partial charge in [0.15, 0.2) is 0 Å². The van der Waals surface area contributed by atoms with E-state index in [0.717, 1.165) is 5.56 Å². The number of amides is 1. The van der Waals surface area contributed by atoms with Crippen LogP contribution in [0.15, 0.2) is 35.4 Å². The zero-order valence-electron chi connectivity index (χ0n) is 11.6. The van der Waals surface area contributed by atoms with Crippen molar-refractivity contribution < 1.29 is 13.2 Å². The zero-order valence-corrected chi connectivity index (χ0v) is 12.4. The van der Waals surface area contributed by atoms with Gasteiger partial charge in [-0.05, 0) is 36.8 Å². The average Bonchev–Trinajstić information content (AvgIpc) is 2.77. The molecule has 0 aliphatic heterocycles. The molecular formula is C13H16N4O3S. The van der Waals surface area contributed by atoms with Gasteiger partial charge in [-0.15, -0.1) is 0 Å². The summed E-state index contributed by atoms with van der Waals surface area (Å²) >= 11 is 0. The molecule has 21 heavy (non-hydrogen) atoms. The monoisotopic (exact) mass is 308 g/mol. The van der Waals surface area contributed by atoms with E-state index in [9.17, 15) is 13.2 Å². The van der Waals surface area contributed by atoms with Gasteiger partial charge in [-0.3, -0.25) is 9.52 Å². The number of sulfonamides is 1. The van der Waals surface area contributed by atoms with E-state index in [2.05, 4.69) is 4.72 Å². The third kappa shape index (κ3) is 3.00. The van der Waals surface area contributed by atoms with Gasteiger partial charge in [0.1, 0.15) is 10.6 Å². The lowest BCUT2D eigenvalue weighted by Gasteiger charge is -2.08. The Labute approximate surface area is 122 Å². The molecule has 0 radical (unpaired) electrons. The summed E-state index contributed by atoms with van der Waals surface area (Å²) < 4.78 is 28.4. The van der Waals surface area contributed by atoms with Crippen LogP contribution in [-0.2, 0) is 17.1 Å². The molecule has 0 saturated heterocycles. The molecule has 0 aliphatic rings. The third-order valence-electron chi connectivity index (χ3n) is 3.06. The van der Waals surface area contributed by atoms with Gasteiger partial charge in [-0.25, -0.2) is 8.42 Å². The van der Waals surface area contributed by atoms with Crippen molar-refractivity contribution in [2.75, 3.05) is 10.5 Å². The van der Waals surface area contributed by atoms with E-state index in [1.54, 1.807) is 32.2 Å². The predicted octanol–water partition coefficient (Wildman–Crippen LogP) is 0.815. The van der Waals surface area contributed by atoms with Crippen molar-refractivity contribution in [2.24, 2.45) is 12.8 Å². The van der Waals surface area contributed by atoms with Crippen LogP contribution < -0.4 is 16.2 Å². The van der Waals surface area contributed by atoms with Crippen LogP contribution >= 0.6 is 0 Å². The lowest BCUT2D eigenvalue weighted by molar-refractivity contribution is 0.0992. The minimum absolute atomic E-state index is 0.0340. The molecule has 0 spiro atoms. The van der Waals surface area contributed by atoms with Gasteiger partial charge in [0.2, 0.25) is 0 Å². The summed E-state index contributed by atoms with van der Waals surface area (Å²) in [4.78, 5) is 11.1. The second-order valence-electron chi connectivity index (χ2n) is 4.71. The van der Waals surface area contributed by atoms with E-state index < -0.39 is 15.9 Å². The lowest BCUT2D eigenvalue weighted by atomic mass is 10.2. The highest BCUT2D eigenvalue weighted by Gasteiger charge is 2.19. The Morgan fingerprint density at radius 2 is 1.95 bits per heavy atom. The third-order valence-corrected chi connectivity index (χ3v) is 4.41. The van der Waals surface area contributed by atoms with E-state index in [-0.39, 0.29) is 10.6 Å².